The number of carboxylic acids is 1. The highest BCUT2D eigenvalue weighted by molar-refractivity contribution is 5.86. The summed E-state index contributed by atoms with van der Waals surface area (Å²) in [5, 5.41) is 16.0. The summed E-state index contributed by atoms with van der Waals surface area (Å²) in [7, 11) is 0. The Morgan fingerprint density at radius 1 is 1.32 bits per heavy atom. The number of rotatable bonds is 5. The molecule has 100 valence electrons. The molecule has 0 unspecified atom stereocenters. The number of hydrogen-bond acceptors (Lipinski definition) is 4. The van der Waals surface area contributed by atoms with Crippen LogP contribution in [0.15, 0.2) is 29.1 Å². The Hall–Kier alpha value is -2.17. The molecule has 1 aromatic heterocycles. The zero-order valence-electron chi connectivity index (χ0n) is 10.8. The number of carbonyl (C=O) groups excluding carboxylic acids is 1. The molecule has 19 heavy (non-hydrogen) atoms. The van der Waals surface area contributed by atoms with E-state index < -0.39 is 5.97 Å². The normalized spacial score (nSPS) is 10.8. The van der Waals surface area contributed by atoms with Crippen molar-refractivity contribution in [1.29, 1.82) is 0 Å². The van der Waals surface area contributed by atoms with Crippen LogP contribution in [0.4, 0.5) is 0 Å². The van der Waals surface area contributed by atoms with Crippen molar-refractivity contribution in [2.45, 2.75) is 32.7 Å². The van der Waals surface area contributed by atoms with Gasteiger partial charge in [-0.25, -0.2) is 4.68 Å². The number of aliphatic carboxylic acids is 1. The first-order valence-corrected chi connectivity index (χ1v) is 6.32. The van der Waals surface area contributed by atoms with Crippen molar-refractivity contribution in [3.05, 3.63) is 40.3 Å². The number of aryl methyl sites for hydroxylation is 1. The molecule has 0 aliphatic heterocycles. The second-order valence-corrected chi connectivity index (χ2v) is 4.42. The minimum absolute atomic E-state index is 0.175. The van der Waals surface area contributed by atoms with E-state index >= 15 is 0 Å². The predicted molar refractivity (Wildman–Crippen MR) is 69.6 cm³/mol. The van der Waals surface area contributed by atoms with Crippen LogP contribution in [0.25, 0.3) is 10.8 Å². The summed E-state index contributed by atoms with van der Waals surface area (Å²) in [5.74, 6) is -1.20. The van der Waals surface area contributed by atoms with Gasteiger partial charge in [0.1, 0.15) is 0 Å². The van der Waals surface area contributed by atoms with Gasteiger partial charge >= 0.3 is 0 Å². The fraction of sp³-hybridized carbons (Fsp3) is 0.357. The van der Waals surface area contributed by atoms with Crippen molar-refractivity contribution in [3.8, 4) is 0 Å². The molecule has 5 heteroatoms. The second kappa shape index (κ2) is 5.65. The maximum absolute atomic E-state index is 12.2. The lowest BCUT2D eigenvalue weighted by Crippen LogP contribution is -2.29. The lowest BCUT2D eigenvalue weighted by molar-refractivity contribution is -0.304. The first-order valence-electron chi connectivity index (χ1n) is 6.32. The van der Waals surface area contributed by atoms with E-state index in [1.807, 2.05) is 6.92 Å². The Labute approximate surface area is 110 Å². The average molecular weight is 259 g/mol. The Morgan fingerprint density at radius 3 is 2.63 bits per heavy atom. The summed E-state index contributed by atoms with van der Waals surface area (Å²) in [5.41, 5.74) is 0.206. The first kappa shape index (κ1) is 13.3. The van der Waals surface area contributed by atoms with Crippen LogP contribution in [0, 0.1) is 0 Å². The highest BCUT2D eigenvalue weighted by atomic mass is 16.4. The van der Waals surface area contributed by atoms with Crippen LogP contribution in [0.1, 0.15) is 25.5 Å². The molecule has 1 heterocycles. The van der Waals surface area contributed by atoms with Gasteiger partial charge in [0.25, 0.3) is 5.56 Å². The van der Waals surface area contributed by atoms with Crippen molar-refractivity contribution in [2.24, 2.45) is 0 Å². The summed E-state index contributed by atoms with van der Waals surface area (Å²) in [6, 6.07) is 6.93. The van der Waals surface area contributed by atoms with E-state index in [4.69, 9.17) is 0 Å². The lowest BCUT2D eigenvalue weighted by atomic mass is 10.1. The van der Waals surface area contributed by atoms with Gasteiger partial charge in [0.05, 0.1) is 11.1 Å². The largest absolute Gasteiger partial charge is 0.550 e. The van der Waals surface area contributed by atoms with Crippen LogP contribution >= 0.6 is 0 Å². The standard InChI is InChI=1S/C14H16N2O3/c1-2-3-8-16-14(19)11-7-5-4-6-10(11)12(15-16)9-13(17)18/h4-7H,2-3,8-9H2,1H3,(H,17,18)/p-1. The quantitative estimate of drug-likeness (QED) is 0.783. The smallest absolute Gasteiger partial charge is 0.274 e. The number of unbranched alkanes of at least 4 members (excludes halogenated alkanes) is 1. The minimum Gasteiger partial charge on any atom is -0.550 e. The molecule has 2 aromatic rings. The van der Waals surface area contributed by atoms with Crippen LogP contribution in [0.3, 0.4) is 0 Å². The van der Waals surface area contributed by atoms with E-state index in [0.717, 1.165) is 12.8 Å². The summed E-state index contributed by atoms with van der Waals surface area (Å²) < 4.78 is 1.35. The van der Waals surface area contributed by atoms with E-state index in [0.29, 0.717) is 23.0 Å². The van der Waals surface area contributed by atoms with Gasteiger partial charge in [0, 0.05) is 24.3 Å². The fourth-order valence-corrected chi connectivity index (χ4v) is 2.03. The molecule has 0 aliphatic rings. The van der Waals surface area contributed by atoms with Gasteiger partial charge in [0.15, 0.2) is 0 Å². The van der Waals surface area contributed by atoms with Crippen LogP contribution in [0.2, 0.25) is 0 Å². The van der Waals surface area contributed by atoms with Crippen molar-refractivity contribution < 1.29 is 9.90 Å². The van der Waals surface area contributed by atoms with Crippen molar-refractivity contribution >= 4 is 16.7 Å². The van der Waals surface area contributed by atoms with Gasteiger partial charge < -0.3 is 9.90 Å². The maximum atomic E-state index is 12.2. The number of fused-ring (bicyclic) bond motifs is 1. The molecular weight excluding hydrogens is 244 g/mol. The molecule has 2 rings (SSSR count). The van der Waals surface area contributed by atoms with Crippen LogP contribution in [-0.2, 0) is 17.8 Å². The molecule has 0 bridgehead atoms. The summed E-state index contributed by atoms with van der Waals surface area (Å²) in [6.07, 6.45) is 1.49. The Morgan fingerprint density at radius 2 is 2.00 bits per heavy atom. The van der Waals surface area contributed by atoms with Gasteiger partial charge in [-0.05, 0) is 12.5 Å². The number of aromatic nitrogens is 2. The zero-order valence-corrected chi connectivity index (χ0v) is 10.8. The number of nitrogens with zero attached hydrogens (tertiary/aromatic N) is 2. The Balaban J connectivity index is 2.61. The molecule has 0 saturated heterocycles. The maximum Gasteiger partial charge on any atom is 0.274 e. The summed E-state index contributed by atoms with van der Waals surface area (Å²) >= 11 is 0. The fourth-order valence-electron chi connectivity index (χ4n) is 2.03. The van der Waals surface area contributed by atoms with Crippen LogP contribution in [-0.4, -0.2) is 15.7 Å². The van der Waals surface area contributed by atoms with Gasteiger partial charge in [0.2, 0.25) is 0 Å². The molecule has 0 spiro atoms. The highest BCUT2D eigenvalue weighted by Gasteiger charge is 2.09. The van der Waals surface area contributed by atoms with Crippen LogP contribution < -0.4 is 10.7 Å². The molecule has 0 fully saturated rings. The predicted octanol–water partition coefficient (Wildman–Crippen LogP) is 0.489. The minimum atomic E-state index is -1.20. The molecule has 0 atom stereocenters. The summed E-state index contributed by atoms with van der Waals surface area (Å²) in [4.78, 5) is 23.0. The van der Waals surface area contributed by atoms with Gasteiger partial charge in [-0.2, -0.15) is 5.10 Å². The first-order chi connectivity index (χ1) is 9.13. The topological polar surface area (TPSA) is 75.0 Å². The molecule has 0 radical (unpaired) electrons. The van der Waals surface area contributed by atoms with E-state index in [9.17, 15) is 14.7 Å². The van der Waals surface area contributed by atoms with Gasteiger partial charge in [-0.15, -0.1) is 0 Å². The number of hydrogen-bond donors (Lipinski definition) is 0. The third kappa shape index (κ3) is 2.81. The van der Waals surface area contributed by atoms with E-state index in [-0.39, 0.29) is 12.0 Å². The Kier molecular flexibility index (Phi) is 3.94. The molecule has 0 aliphatic carbocycles. The third-order valence-electron chi connectivity index (χ3n) is 2.98. The van der Waals surface area contributed by atoms with E-state index in [1.165, 1.54) is 4.68 Å². The molecule has 0 saturated carbocycles. The number of benzene rings is 1. The van der Waals surface area contributed by atoms with E-state index in [1.54, 1.807) is 24.3 Å². The summed E-state index contributed by atoms with van der Waals surface area (Å²) in [6.45, 7) is 2.52. The highest BCUT2D eigenvalue weighted by Crippen LogP contribution is 2.13. The van der Waals surface area contributed by atoms with E-state index in [2.05, 4.69) is 5.10 Å². The Bertz CT molecular complexity index is 661. The molecule has 0 amide bonds. The number of carbonyl (C=O) groups is 1. The molecule has 1 aromatic carbocycles. The lowest BCUT2D eigenvalue weighted by Gasteiger charge is -2.11. The van der Waals surface area contributed by atoms with Crippen LogP contribution in [0.5, 0.6) is 0 Å². The number of carboxylic acid groups (broad SMARTS) is 1. The van der Waals surface area contributed by atoms with Gasteiger partial charge in [-0.3, -0.25) is 4.79 Å². The monoisotopic (exact) mass is 259 g/mol. The molecular formula is C14H15N2O3-. The van der Waals surface area contributed by atoms with Crippen molar-refractivity contribution in [1.82, 2.24) is 9.78 Å². The average Bonchev–Trinajstić information content (AvgIpc) is 2.40. The van der Waals surface area contributed by atoms with Crippen molar-refractivity contribution in [2.75, 3.05) is 0 Å². The van der Waals surface area contributed by atoms with Gasteiger partial charge in [-0.1, -0.05) is 31.5 Å². The molecule has 0 N–H and O–H groups in total. The molecule has 5 nitrogen and oxygen atoms in total. The SMILES string of the molecule is CCCCn1nc(CC(=O)[O-])c2ccccc2c1=O. The third-order valence-corrected chi connectivity index (χ3v) is 2.98. The second-order valence-electron chi connectivity index (χ2n) is 4.42. The zero-order chi connectivity index (χ0) is 13.8. The van der Waals surface area contributed by atoms with Crippen molar-refractivity contribution in [3.63, 3.8) is 0 Å².